The quantitative estimate of drug-likeness (QED) is 0.186. The van der Waals surface area contributed by atoms with Crippen LogP contribution in [0.4, 0.5) is 0 Å². The second kappa shape index (κ2) is 15.6. The van der Waals surface area contributed by atoms with Gasteiger partial charge in [0.1, 0.15) is 0 Å². The van der Waals surface area contributed by atoms with Crippen molar-refractivity contribution in [1.29, 1.82) is 0 Å². The van der Waals surface area contributed by atoms with Gasteiger partial charge >= 0.3 is 144 Å². The van der Waals surface area contributed by atoms with E-state index in [-0.39, 0.29) is 45.9 Å². The minimum atomic E-state index is -3.26. The molecule has 0 aromatic heterocycles. The average molecular weight is 503 g/mol. The molecule has 0 radical (unpaired) electrons. The van der Waals surface area contributed by atoms with Crippen LogP contribution in [0.2, 0.25) is 16.0 Å². The summed E-state index contributed by atoms with van der Waals surface area (Å²) in [6.45, 7) is 6.43. The first-order valence-corrected chi connectivity index (χ1v) is 14.4. The fourth-order valence-corrected chi connectivity index (χ4v) is 10.9. The van der Waals surface area contributed by atoms with Gasteiger partial charge in [0.25, 0.3) is 0 Å². The maximum atomic E-state index is 12.5. The predicted octanol–water partition coefficient (Wildman–Crippen LogP) is 4.66. The summed E-state index contributed by atoms with van der Waals surface area (Å²) >= 11 is -0.270. The van der Waals surface area contributed by atoms with Gasteiger partial charge in [0.05, 0.1) is 0 Å². The van der Waals surface area contributed by atoms with Crippen molar-refractivity contribution < 1.29 is 15.4 Å². The van der Waals surface area contributed by atoms with Crippen LogP contribution in [-0.2, 0) is 15.4 Å². The zero-order chi connectivity index (χ0) is 15.1. The fraction of sp³-hybridized carbons (Fsp3) is 1.00. The van der Waals surface area contributed by atoms with E-state index in [1.54, 1.807) is 0 Å². The van der Waals surface area contributed by atoms with Crippen molar-refractivity contribution in [2.45, 2.75) is 75.3 Å². The molecule has 20 heavy (non-hydrogen) atoms. The summed E-state index contributed by atoms with van der Waals surface area (Å²) in [6, 6.07) is 0. The van der Waals surface area contributed by atoms with Crippen LogP contribution in [-0.4, -0.2) is 45.9 Å². The van der Waals surface area contributed by atoms with Crippen molar-refractivity contribution in [3.63, 3.8) is 0 Å². The second-order valence-corrected chi connectivity index (χ2v) is 12.4. The molecule has 0 unspecified atom stereocenters. The molecule has 0 amide bonds. The molecule has 0 aliphatic carbocycles. The third-order valence-electron chi connectivity index (χ3n) is 2.18. The van der Waals surface area contributed by atoms with Gasteiger partial charge < -0.3 is 0 Å². The van der Waals surface area contributed by atoms with Crippen molar-refractivity contribution in [1.82, 2.24) is 0 Å². The van der Waals surface area contributed by atoms with Crippen molar-refractivity contribution in [3.05, 3.63) is 0 Å². The third kappa shape index (κ3) is 13.3. The van der Waals surface area contributed by atoms with E-state index < -0.39 is 7.82 Å². The first-order valence-electron chi connectivity index (χ1n) is 7.22. The first-order chi connectivity index (χ1) is 9.68. The third-order valence-corrected chi connectivity index (χ3v) is 11.3. The summed E-state index contributed by atoms with van der Waals surface area (Å²) in [7, 11) is -3.26. The molecular formula is C12H27O4PSe3. The molecule has 0 saturated heterocycles. The van der Waals surface area contributed by atoms with Crippen molar-refractivity contribution >= 4 is 53.7 Å². The zero-order valence-electron chi connectivity index (χ0n) is 12.7. The number of hydrogen-bond donors (Lipinski definition) is 0. The SMILES string of the molecule is CCCC[Se]OP(=O)(O[Se]CCCC)O[Se]CCCC. The van der Waals surface area contributed by atoms with Crippen LogP contribution >= 0.6 is 7.82 Å². The van der Waals surface area contributed by atoms with Crippen LogP contribution < -0.4 is 0 Å². The van der Waals surface area contributed by atoms with Crippen LogP contribution in [0.15, 0.2) is 0 Å². The molecule has 122 valence electrons. The molecule has 8 heteroatoms. The van der Waals surface area contributed by atoms with Crippen LogP contribution in [0.5, 0.6) is 0 Å². The van der Waals surface area contributed by atoms with E-state index in [0.29, 0.717) is 0 Å². The summed E-state index contributed by atoms with van der Waals surface area (Å²) in [5.41, 5.74) is 0. The van der Waals surface area contributed by atoms with Gasteiger partial charge in [0, 0.05) is 0 Å². The Morgan fingerprint density at radius 2 is 1.00 bits per heavy atom. The van der Waals surface area contributed by atoms with E-state index in [1.807, 2.05) is 0 Å². The number of rotatable bonds is 15. The predicted molar refractivity (Wildman–Crippen MR) is 87.3 cm³/mol. The maximum absolute atomic E-state index is 12.5. The van der Waals surface area contributed by atoms with Crippen LogP contribution in [0.3, 0.4) is 0 Å². The minimum absolute atomic E-state index is 0.0901. The van der Waals surface area contributed by atoms with E-state index in [2.05, 4.69) is 20.8 Å². The van der Waals surface area contributed by atoms with Crippen LogP contribution in [0.1, 0.15) is 59.3 Å². The Morgan fingerprint density at radius 3 is 1.25 bits per heavy atom. The van der Waals surface area contributed by atoms with Crippen LogP contribution in [0.25, 0.3) is 0 Å². The molecule has 0 aromatic carbocycles. The van der Waals surface area contributed by atoms with Gasteiger partial charge in [0.2, 0.25) is 0 Å². The van der Waals surface area contributed by atoms with Gasteiger partial charge in [-0.05, 0) is 0 Å². The molecule has 4 nitrogen and oxygen atoms in total. The summed E-state index contributed by atoms with van der Waals surface area (Å²) in [5.74, 6) is 0. The molecule has 0 N–H and O–H groups in total. The molecule has 0 fully saturated rings. The summed E-state index contributed by atoms with van der Waals surface area (Å²) in [6.07, 6.45) is 6.75. The Morgan fingerprint density at radius 1 is 0.700 bits per heavy atom. The summed E-state index contributed by atoms with van der Waals surface area (Å²) < 4.78 is 29.0. The molecule has 0 heterocycles. The van der Waals surface area contributed by atoms with Gasteiger partial charge in [-0.3, -0.25) is 0 Å². The molecule has 0 spiro atoms. The Balaban J connectivity index is 4.02. The van der Waals surface area contributed by atoms with Crippen molar-refractivity contribution in [2.75, 3.05) is 0 Å². The van der Waals surface area contributed by atoms with E-state index in [0.717, 1.165) is 54.5 Å². The Kier molecular flexibility index (Phi) is 16.9. The fourth-order valence-electron chi connectivity index (χ4n) is 0.953. The van der Waals surface area contributed by atoms with E-state index in [1.165, 1.54) is 0 Å². The van der Waals surface area contributed by atoms with Crippen molar-refractivity contribution in [3.8, 4) is 0 Å². The van der Waals surface area contributed by atoms with Gasteiger partial charge in [-0.2, -0.15) is 0 Å². The topological polar surface area (TPSA) is 44.8 Å². The van der Waals surface area contributed by atoms with Crippen molar-refractivity contribution in [2.24, 2.45) is 0 Å². The molecule has 0 aliphatic heterocycles. The van der Waals surface area contributed by atoms with Gasteiger partial charge in [-0.25, -0.2) is 0 Å². The Hall–Kier alpha value is 1.67. The molecule has 0 rings (SSSR count). The van der Waals surface area contributed by atoms with Gasteiger partial charge in [-0.1, -0.05) is 0 Å². The molecule has 0 bridgehead atoms. The molecular weight excluding hydrogens is 476 g/mol. The summed E-state index contributed by atoms with van der Waals surface area (Å²) in [5, 5.41) is 2.93. The number of hydrogen-bond acceptors (Lipinski definition) is 4. The Bertz CT molecular complexity index is 219. The zero-order valence-corrected chi connectivity index (χ0v) is 18.7. The monoisotopic (exact) mass is 506 g/mol. The standard InChI is InChI=1S/C12H27O4PSe3/c1-4-7-10-18-14-17(13,15-19-11-8-5-2)16-20-12-9-6-3/h4-12H2,1-3H3. The molecule has 0 aromatic rings. The molecule has 0 aliphatic rings. The number of unbranched alkanes of at least 4 members (excludes halogenated alkanes) is 3. The van der Waals surface area contributed by atoms with Gasteiger partial charge in [-0.15, -0.1) is 0 Å². The van der Waals surface area contributed by atoms with E-state index in [9.17, 15) is 4.57 Å². The summed E-state index contributed by atoms with van der Waals surface area (Å²) in [4.78, 5) is 0. The second-order valence-electron chi connectivity index (χ2n) is 4.20. The van der Waals surface area contributed by atoms with E-state index in [4.69, 9.17) is 10.8 Å². The number of phosphoric acid groups is 1. The Labute approximate surface area is 143 Å². The normalized spacial score (nSPS) is 11.9. The molecule has 0 saturated carbocycles. The van der Waals surface area contributed by atoms with Gasteiger partial charge in [0.15, 0.2) is 0 Å². The average Bonchev–Trinajstić information content (AvgIpc) is 2.45. The first kappa shape index (κ1) is 21.7. The van der Waals surface area contributed by atoms with Crippen LogP contribution in [0, 0.1) is 0 Å². The van der Waals surface area contributed by atoms with E-state index >= 15 is 0 Å². The molecule has 0 atom stereocenters.